The van der Waals surface area contributed by atoms with Crippen molar-refractivity contribution in [3.05, 3.63) is 9.81 Å². The fourth-order valence-electron chi connectivity index (χ4n) is 1.04. The van der Waals surface area contributed by atoms with Crippen LogP contribution in [0.1, 0.15) is 26.7 Å². The molecule has 0 aliphatic carbocycles. The lowest BCUT2D eigenvalue weighted by Crippen LogP contribution is -2.15. The molecule has 0 unspecified atom stereocenters. The van der Waals surface area contributed by atoms with Gasteiger partial charge in [-0.2, -0.15) is 16.8 Å². The molecule has 0 bridgehead atoms. The van der Waals surface area contributed by atoms with Crippen molar-refractivity contribution in [3.63, 3.8) is 0 Å². The maximum absolute atomic E-state index is 10.7. The summed E-state index contributed by atoms with van der Waals surface area (Å²) in [5, 5.41) is 0. The van der Waals surface area contributed by atoms with E-state index in [2.05, 4.69) is 0 Å². The quantitative estimate of drug-likeness (QED) is 0.708. The van der Waals surface area contributed by atoms with Crippen molar-refractivity contribution in [3.8, 4) is 0 Å². The Morgan fingerprint density at radius 1 is 0.929 bits per heavy atom. The fourth-order valence-corrected chi connectivity index (χ4v) is 3.41. The Bertz CT molecular complexity index is 387. The van der Waals surface area contributed by atoms with Crippen molar-refractivity contribution < 1.29 is 25.9 Å². The molecule has 0 heterocycles. The van der Waals surface area contributed by atoms with Gasteiger partial charge in [-0.3, -0.25) is 9.11 Å². The highest BCUT2D eigenvalue weighted by molar-refractivity contribution is 8.09. The van der Waals surface area contributed by atoms with E-state index < -0.39 is 24.5 Å². The second kappa shape index (κ2) is 4.39. The van der Waals surface area contributed by atoms with Gasteiger partial charge in [0.05, 0.1) is 0 Å². The average molecular weight is 244 g/mol. The molecule has 2 N–H and O–H groups in total. The van der Waals surface area contributed by atoms with E-state index in [1.807, 2.05) is 0 Å². The average Bonchev–Trinajstić information content (AvgIpc) is 1.94. The molecule has 0 radical (unpaired) electrons. The second-order valence-electron chi connectivity index (χ2n) is 2.55. The summed E-state index contributed by atoms with van der Waals surface area (Å²) in [6, 6.07) is 0. The van der Waals surface area contributed by atoms with E-state index in [0.717, 1.165) is 0 Å². The zero-order valence-electron chi connectivity index (χ0n) is 7.76. The van der Waals surface area contributed by atoms with Crippen molar-refractivity contribution in [2.45, 2.75) is 26.7 Å². The van der Waals surface area contributed by atoms with Crippen LogP contribution in [0.3, 0.4) is 0 Å². The molecule has 0 aromatic carbocycles. The highest BCUT2D eigenvalue weighted by Gasteiger charge is 2.29. The van der Waals surface area contributed by atoms with E-state index in [0.29, 0.717) is 0 Å². The molecule has 8 heteroatoms. The van der Waals surface area contributed by atoms with Gasteiger partial charge in [0.2, 0.25) is 4.24 Å². The van der Waals surface area contributed by atoms with Crippen LogP contribution in [-0.4, -0.2) is 25.9 Å². The Morgan fingerprint density at radius 3 is 1.29 bits per heavy atom. The van der Waals surface area contributed by atoms with Crippen molar-refractivity contribution in [2.75, 3.05) is 0 Å². The molecule has 0 aliphatic heterocycles. The van der Waals surface area contributed by atoms with Gasteiger partial charge in [0.1, 0.15) is 0 Å². The summed E-state index contributed by atoms with van der Waals surface area (Å²) in [5.74, 6) is 0. The van der Waals surface area contributed by atoms with Crippen LogP contribution in [0.4, 0.5) is 0 Å². The minimum absolute atomic E-state index is 0.0324. The zero-order chi connectivity index (χ0) is 11.6. The largest absolute Gasteiger partial charge is 0.308 e. The lowest BCUT2D eigenvalue weighted by molar-refractivity contribution is 0.479. The Labute approximate surface area is 83.1 Å². The lowest BCUT2D eigenvalue weighted by atomic mass is 10.2. The third-order valence-corrected chi connectivity index (χ3v) is 4.39. The number of rotatable bonds is 4. The van der Waals surface area contributed by atoms with Gasteiger partial charge < -0.3 is 0 Å². The van der Waals surface area contributed by atoms with E-state index in [4.69, 9.17) is 9.11 Å². The highest BCUT2D eigenvalue weighted by Crippen LogP contribution is 2.21. The van der Waals surface area contributed by atoms with Gasteiger partial charge >= 0.3 is 20.2 Å². The molecule has 0 saturated carbocycles. The smallest absolute Gasteiger partial charge is 0.281 e. The van der Waals surface area contributed by atoms with Crippen molar-refractivity contribution >= 4 is 20.2 Å². The van der Waals surface area contributed by atoms with Crippen LogP contribution < -0.4 is 0 Å². The van der Waals surface area contributed by atoms with Gasteiger partial charge in [-0.05, 0) is 18.4 Å². The summed E-state index contributed by atoms with van der Waals surface area (Å²) in [5.41, 5.74) is -0.0324. The third kappa shape index (κ3) is 3.37. The van der Waals surface area contributed by atoms with Crippen LogP contribution in [-0.2, 0) is 20.2 Å². The van der Waals surface area contributed by atoms with Crippen LogP contribution in [0, 0.1) is 0 Å². The van der Waals surface area contributed by atoms with Crippen LogP contribution in [0.25, 0.3) is 0 Å². The molecule has 0 aromatic rings. The molecule has 0 fully saturated rings. The maximum atomic E-state index is 10.7. The molecule has 0 amide bonds. The normalized spacial score (nSPS) is 12.6. The molecule has 0 spiro atoms. The van der Waals surface area contributed by atoms with E-state index >= 15 is 0 Å². The van der Waals surface area contributed by atoms with Gasteiger partial charge in [0.25, 0.3) is 0 Å². The first-order valence-corrected chi connectivity index (χ1v) is 6.69. The molecular weight excluding hydrogens is 232 g/mol. The van der Waals surface area contributed by atoms with E-state index in [1.165, 1.54) is 13.8 Å². The molecule has 0 aliphatic rings. The first kappa shape index (κ1) is 13.6. The minimum atomic E-state index is -4.90. The molecular formula is C6H12O6S2. The Morgan fingerprint density at radius 2 is 1.21 bits per heavy atom. The van der Waals surface area contributed by atoms with Crippen LogP contribution in [0.2, 0.25) is 0 Å². The summed E-state index contributed by atoms with van der Waals surface area (Å²) in [6.45, 7) is 3.05. The van der Waals surface area contributed by atoms with E-state index in [9.17, 15) is 16.8 Å². The van der Waals surface area contributed by atoms with E-state index in [-0.39, 0.29) is 18.4 Å². The van der Waals surface area contributed by atoms with Gasteiger partial charge in [-0.1, -0.05) is 13.8 Å². The number of hydrogen-bond acceptors (Lipinski definition) is 4. The van der Waals surface area contributed by atoms with Crippen LogP contribution >= 0.6 is 0 Å². The molecule has 6 nitrogen and oxygen atoms in total. The van der Waals surface area contributed by atoms with Gasteiger partial charge in [-0.15, -0.1) is 0 Å². The highest BCUT2D eigenvalue weighted by atomic mass is 32.3. The van der Waals surface area contributed by atoms with Crippen molar-refractivity contribution in [2.24, 2.45) is 0 Å². The number of hydrogen-bond donors (Lipinski definition) is 2. The third-order valence-electron chi connectivity index (χ3n) is 1.61. The Kier molecular flexibility index (Phi) is 4.25. The number of allylic oxidation sites excluding steroid dienone is 1. The zero-order valence-corrected chi connectivity index (χ0v) is 9.39. The molecule has 14 heavy (non-hydrogen) atoms. The molecule has 0 aromatic heterocycles. The summed E-state index contributed by atoms with van der Waals surface area (Å²) >= 11 is 0. The Balaban J connectivity index is 5.95. The first-order chi connectivity index (χ1) is 6.14. The molecule has 0 atom stereocenters. The van der Waals surface area contributed by atoms with Gasteiger partial charge in [-0.25, -0.2) is 0 Å². The molecule has 0 saturated heterocycles. The Hall–Kier alpha value is -0.440. The second-order valence-corrected chi connectivity index (χ2v) is 5.52. The van der Waals surface area contributed by atoms with Gasteiger partial charge in [0, 0.05) is 0 Å². The summed E-state index contributed by atoms with van der Waals surface area (Å²) in [6.07, 6.45) is 0.233. The van der Waals surface area contributed by atoms with Crippen LogP contribution in [0.15, 0.2) is 9.81 Å². The first-order valence-electron chi connectivity index (χ1n) is 3.81. The fraction of sp³-hybridized carbons (Fsp3) is 0.667. The van der Waals surface area contributed by atoms with E-state index in [1.54, 1.807) is 0 Å². The van der Waals surface area contributed by atoms with Crippen molar-refractivity contribution in [1.82, 2.24) is 0 Å². The predicted octanol–water partition coefficient (Wildman–Crippen LogP) is 0.794. The lowest BCUT2D eigenvalue weighted by Gasteiger charge is -2.06. The predicted molar refractivity (Wildman–Crippen MR) is 50.7 cm³/mol. The molecule has 84 valence electrons. The van der Waals surface area contributed by atoms with Crippen molar-refractivity contribution in [1.29, 1.82) is 0 Å². The summed E-state index contributed by atoms with van der Waals surface area (Å²) in [7, 11) is -9.81. The maximum Gasteiger partial charge on any atom is 0.308 e. The topological polar surface area (TPSA) is 109 Å². The van der Waals surface area contributed by atoms with Crippen LogP contribution in [0.5, 0.6) is 0 Å². The molecule has 0 rings (SSSR count). The monoisotopic (exact) mass is 244 g/mol. The van der Waals surface area contributed by atoms with Gasteiger partial charge in [0.15, 0.2) is 0 Å². The SMILES string of the molecule is CCC(CC)=C(S(=O)(=O)O)S(=O)(=O)O. The minimum Gasteiger partial charge on any atom is -0.281 e. The summed E-state index contributed by atoms with van der Waals surface area (Å²) < 4.78 is 58.7. The summed E-state index contributed by atoms with van der Waals surface area (Å²) in [4.78, 5) is 0. The standard InChI is InChI=1S/C6H12O6S2/c1-3-5(4-2)6(13(7,8)9)14(10,11)12/h3-4H2,1-2H3,(H,7,8,9)(H,10,11,12).